The minimum absolute atomic E-state index is 0.140. The van der Waals surface area contributed by atoms with Gasteiger partial charge >= 0.3 is 0 Å². The lowest BCUT2D eigenvalue weighted by molar-refractivity contribution is -0.116. The summed E-state index contributed by atoms with van der Waals surface area (Å²) >= 11 is 1.40. The highest BCUT2D eigenvalue weighted by atomic mass is 32.1. The number of anilines is 2. The summed E-state index contributed by atoms with van der Waals surface area (Å²) in [5.74, 6) is 0.337. The van der Waals surface area contributed by atoms with Crippen LogP contribution in [0.15, 0.2) is 53.9 Å². The van der Waals surface area contributed by atoms with E-state index in [4.69, 9.17) is 4.74 Å². The largest absolute Gasteiger partial charge is 0.497 e. The van der Waals surface area contributed by atoms with Crippen molar-refractivity contribution in [1.29, 1.82) is 0 Å². The topological polar surface area (TPSA) is 83.6 Å². The van der Waals surface area contributed by atoms with Crippen molar-refractivity contribution in [1.82, 2.24) is 10.3 Å². The van der Waals surface area contributed by atoms with Crippen molar-refractivity contribution in [2.45, 2.75) is 32.2 Å². The predicted octanol–water partition coefficient (Wildman–Crippen LogP) is 4.57. The molecule has 1 aliphatic heterocycles. The van der Waals surface area contributed by atoms with Gasteiger partial charge in [0.25, 0.3) is 5.91 Å². The van der Waals surface area contributed by atoms with Crippen LogP contribution in [0.3, 0.4) is 0 Å². The molecule has 7 nitrogen and oxygen atoms in total. The Morgan fingerprint density at radius 2 is 1.91 bits per heavy atom. The summed E-state index contributed by atoms with van der Waals surface area (Å²) in [6.45, 7) is 3.92. The summed E-state index contributed by atoms with van der Waals surface area (Å²) in [7, 11) is 1.62. The number of rotatable bonds is 8. The van der Waals surface area contributed by atoms with Crippen LogP contribution in [-0.2, 0) is 4.79 Å². The number of ether oxygens (including phenoxy) is 1. The van der Waals surface area contributed by atoms with Crippen LogP contribution in [0.2, 0.25) is 0 Å². The highest BCUT2D eigenvalue weighted by Gasteiger charge is 2.17. The summed E-state index contributed by atoms with van der Waals surface area (Å²) in [6, 6.07) is 15.1. The summed E-state index contributed by atoms with van der Waals surface area (Å²) in [5.41, 5.74) is 3.16. The number of nitrogens with one attached hydrogen (secondary N) is 2. The molecule has 8 heteroatoms. The van der Waals surface area contributed by atoms with E-state index in [-0.39, 0.29) is 24.3 Å². The molecule has 4 rings (SSSR count). The van der Waals surface area contributed by atoms with E-state index in [0.717, 1.165) is 40.8 Å². The molecule has 172 valence electrons. The van der Waals surface area contributed by atoms with Crippen LogP contribution >= 0.6 is 11.3 Å². The number of hydrogen-bond acceptors (Lipinski definition) is 6. The van der Waals surface area contributed by atoms with Crippen molar-refractivity contribution in [3.05, 3.63) is 59.6 Å². The molecule has 1 unspecified atom stereocenters. The molecule has 1 saturated heterocycles. The number of methoxy groups -OCH3 is 1. The molecule has 1 atom stereocenters. The van der Waals surface area contributed by atoms with Crippen LogP contribution in [0.1, 0.15) is 36.7 Å². The number of benzene rings is 2. The maximum atomic E-state index is 12.6. The molecule has 0 aliphatic carbocycles. The first kappa shape index (κ1) is 22.8. The summed E-state index contributed by atoms with van der Waals surface area (Å²) in [6.07, 6.45) is 2.58. The fraction of sp³-hybridized carbons (Fsp3) is 0.320. The van der Waals surface area contributed by atoms with Crippen molar-refractivity contribution >= 4 is 34.5 Å². The summed E-state index contributed by atoms with van der Waals surface area (Å²) in [5, 5.41) is 8.30. The van der Waals surface area contributed by atoms with Crippen LogP contribution in [-0.4, -0.2) is 43.0 Å². The van der Waals surface area contributed by atoms with E-state index >= 15 is 0 Å². The van der Waals surface area contributed by atoms with E-state index in [2.05, 4.69) is 26.6 Å². The van der Waals surface area contributed by atoms with Gasteiger partial charge in [-0.2, -0.15) is 0 Å². The molecule has 0 bridgehead atoms. The second-order valence-corrected chi connectivity index (χ2v) is 9.00. The number of carbonyl (C=O) groups excluding carboxylic acids is 2. The van der Waals surface area contributed by atoms with Gasteiger partial charge < -0.3 is 20.3 Å². The zero-order chi connectivity index (χ0) is 23.2. The molecule has 0 radical (unpaired) electrons. The molecule has 3 aromatic rings. The first-order valence-electron chi connectivity index (χ1n) is 11.1. The Kier molecular flexibility index (Phi) is 7.24. The summed E-state index contributed by atoms with van der Waals surface area (Å²) in [4.78, 5) is 31.9. The lowest BCUT2D eigenvalue weighted by Crippen LogP contribution is -2.35. The van der Waals surface area contributed by atoms with Crippen molar-refractivity contribution in [2.24, 2.45) is 0 Å². The van der Waals surface area contributed by atoms with E-state index in [1.807, 2.05) is 49.4 Å². The van der Waals surface area contributed by atoms with Gasteiger partial charge in [-0.05, 0) is 62.2 Å². The molecule has 1 aromatic heterocycles. The Labute approximate surface area is 197 Å². The highest BCUT2D eigenvalue weighted by molar-refractivity contribution is 7.13. The van der Waals surface area contributed by atoms with Crippen molar-refractivity contribution in [2.75, 3.05) is 30.4 Å². The highest BCUT2D eigenvalue weighted by Crippen LogP contribution is 2.26. The molecular formula is C25H28N4O3S. The lowest BCUT2D eigenvalue weighted by Gasteiger charge is -2.19. The number of carbonyl (C=O) groups is 2. The number of nitrogens with zero attached hydrogens (tertiary/aromatic N) is 2. The molecule has 1 aliphatic rings. The van der Waals surface area contributed by atoms with Crippen LogP contribution in [0, 0.1) is 0 Å². The number of aromatic nitrogens is 1. The molecule has 2 amide bonds. The van der Waals surface area contributed by atoms with Crippen LogP contribution in [0.4, 0.5) is 11.4 Å². The maximum absolute atomic E-state index is 12.6. The minimum atomic E-state index is -0.328. The quantitative estimate of drug-likeness (QED) is 0.510. The maximum Gasteiger partial charge on any atom is 0.270 e. The van der Waals surface area contributed by atoms with Gasteiger partial charge in [-0.1, -0.05) is 6.07 Å². The van der Waals surface area contributed by atoms with Gasteiger partial charge in [-0.25, -0.2) is 4.98 Å². The van der Waals surface area contributed by atoms with E-state index in [0.29, 0.717) is 5.69 Å². The van der Waals surface area contributed by atoms with Gasteiger partial charge in [0, 0.05) is 47.9 Å². The Morgan fingerprint density at radius 3 is 2.64 bits per heavy atom. The zero-order valence-electron chi connectivity index (χ0n) is 18.8. The number of hydrogen-bond donors (Lipinski definition) is 2. The predicted molar refractivity (Wildman–Crippen MR) is 132 cm³/mol. The van der Waals surface area contributed by atoms with Crippen molar-refractivity contribution in [3.8, 4) is 16.3 Å². The Balaban J connectivity index is 1.30. The second-order valence-electron chi connectivity index (χ2n) is 8.14. The third-order valence-electron chi connectivity index (χ3n) is 5.54. The van der Waals surface area contributed by atoms with Gasteiger partial charge in [0.1, 0.15) is 16.5 Å². The van der Waals surface area contributed by atoms with Crippen molar-refractivity contribution < 1.29 is 14.3 Å². The molecule has 0 spiro atoms. The third-order valence-corrected chi connectivity index (χ3v) is 6.44. The van der Waals surface area contributed by atoms with Crippen LogP contribution < -0.4 is 20.3 Å². The lowest BCUT2D eigenvalue weighted by atomic mass is 10.2. The van der Waals surface area contributed by atoms with E-state index in [1.165, 1.54) is 24.2 Å². The van der Waals surface area contributed by atoms with Gasteiger partial charge in [-0.3, -0.25) is 9.59 Å². The van der Waals surface area contributed by atoms with Crippen LogP contribution in [0.5, 0.6) is 5.75 Å². The summed E-state index contributed by atoms with van der Waals surface area (Å²) < 4.78 is 5.17. The first-order chi connectivity index (χ1) is 16.0. The Hall–Kier alpha value is -3.39. The number of thiazole rings is 1. The Bertz CT molecular complexity index is 1110. The van der Waals surface area contributed by atoms with E-state index in [1.54, 1.807) is 12.5 Å². The fourth-order valence-electron chi connectivity index (χ4n) is 3.84. The van der Waals surface area contributed by atoms with Crippen molar-refractivity contribution in [3.63, 3.8) is 0 Å². The first-order valence-corrected chi connectivity index (χ1v) is 12.0. The smallest absolute Gasteiger partial charge is 0.270 e. The third kappa shape index (κ3) is 5.90. The normalized spacial score (nSPS) is 14.1. The molecule has 2 N–H and O–H groups in total. The van der Waals surface area contributed by atoms with Gasteiger partial charge in [0.05, 0.1) is 7.11 Å². The van der Waals surface area contributed by atoms with Gasteiger partial charge in [0.15, 0.2) is 0 Å². The van der Waals surface area contributed by atoms with Crippen LogP contribution in [0.25, 0.3) is 10.6 Å². The monoisotopic (exact) mass is 464 g/mol. The fourth-order valence-corrected chi connectivity index (χ4v) is 4.65. The molecule has 0 saturated carbocycles. The molecule has 1 fully saturated rings. The number of amides is 2. The SMILES string of the molecule is COc1ccc(-c2nc(C(=O)NC(C)CC(=O)Nc3cccc(N4CCCC4)c3)cs2)cc1. The molecule has 33 heavy (non-hydrogen) atoms. The molecule has 2 heterocycles. The molecule has 2 aromatic carbocycles. The minimum Gasteiger partial charge on any atom is -0.497 e. The van der Waals surface area contributed by atoms with Gasteiger partial charge in [0.2, 0.25) is 5.91 Å². The van der Waals surface area contributed by atoms with Gasteiger partial charge in [-0.15, -0.1) is 11.3 Å². The zero-order valence-corrected chi connectivity index (χ0v) is 19.7. The van der Waals surface area contributed by atoms with E-state index in [9.17, 15) is 9.59 Å². The molecular weight excluding hydrogens is 436 g/mol. The second kappa shape index (κ2) is 10.5. The average molecular weight is 465 g/mol. The van der Waals surface area contributed by atoms with E-state index < -0.39 is 0 Å². The Morgan fingerprint density at radius 1 is 1.15 bits per heavy atom. The average Bonchev–Trinajstić information content (AvgIpc) is 3.52. The standard InChI is InChI=1S/C25H28N4O3S/c1-17(14-23(30)27-19-6-5-7-20(15-19)29-12-3-4-13-29)26-24(31)22-16-33-25(28-22)18-8-10-21(32-2)11-9-18/h5-11,15-17H,3-4,12-14H2,1-2H3,(H,26,31)(H,27,30).